The lowest BCUT2D eigenvalue weighted by Crippen LogP contribution is -2.31. The number of aryl methyl sites for hydroxylation is 1. The summed E-state index contributed by atoms with van der Waals surface area (Å²) in [6, 6.07) is 8.49. The summed E-state index contributed by atoms with van der Waals surface area (Å²) in [5, 5.41) is 0. The number of nitrogens with zero attached hydrogens (tertiary/aromatic N) is 2. The van der Waals surface area contributed by atoms with Gasteiger partial charge in [0, 0.05) is 30.6 Å². The molecule has 0 aliphatic rings. The first-order valence-corrected chi connectivity index (χ1v) is 10.9. The Morgan fingerprint density at radius 2 is 1.81 bits per heavy atom. The zero-order chi connectivity index (χ0) is 19.5. The highest BCUT2D eigenvalue weighted by molar-refractivity contribution is 7.89. The Kier molecular flexibility index (Phi) is 6.85. The summed E-state index contributed by atoms with van der Waals surface area (Å²) in [7, 11) is -1.93. The number of carbonyl (C=O) groups is 1. The first-order chi connectivity index (χ1) is 12.2. The molecule has 0 saturated carbocycles. The summed E-state index contributed by atoms with van der Waals surface area (Å²) in [5.74, 6) is -0.231. The van der Waals surface area contributed by atoms with Crippen LogP contribution in [-0.2, 0) is 16.6 Å². The Morgan fingerprint density at radius 1 is 1.15 bits per heavy atom. The molecule has 5 nitrogen and oxygen atoms in total. The minimum atomic E-state index is -3.62. The van der Waals surface area contributed by atoms with Gasteiger partial charge in [-0.2, -0.15) is 4.31 Å². The van der Waals surface area contributed by atoms with Crippen LogP contribution in [0, 0.1) is 6.92 Å². The monoisotopic (exact) mass is 414 g/mol. The van der Waals surface area contributed by atoms with Crippen LogP contribution in [0.5, 0.6) is 0 Å². The average molecular weight is 415 g/mol. The van der Waals surface area contributed by atoms with Crippen molar-refractivity contribution in [1.82, 2.24) is 9.21 Å². The van der Waals surface area contributed by atoms with Gasteiger partial charge in [0.1, 0.15) is 0 Å². The molecule has 142 valence electrons. The number of hydrogen-bond acceptors (Lipinski definition) is 4. The van der Waals surface area contributed by atoms with Crippen molar-refractivity contribution >= 4 is 38.9 Å². The minimum absolute atomic E-state index is 0.180. The van der Waals surface area contributed by atoms with Crippen molar-refractivity contribution < 1.29 is 13.2 Å². The zero-order valence-corrected chi connectivity index (χ0v) is 17.7. The second-order valence-corrected chi connectivity index (χ2v) is 9.64. The Labute approximate surface area is 164 Å². The molecule has 26 heavy (non-hydrogen) atoms. The molecule has 0 aliphatic carbocycles. The molecule has 2 aromatic rings. The van der Waals surface area contributed by atoms with Crippen LogP contribution in [0.2, 0.25) is 4.34 Å². The van der Waals surface area contributed by atoms with Crippen molar-refractivity contribution in [1.29, 1.82) is 0 Å². The summed E-state index contributed by atoms with van der Waals surface area (Å²) < 4.78 is 27.7. The highest BCUT2D eigenvalue weighted by atomic mass is 35.5. The molecule has 2 rings (SSSR count). The summed E-state index contributed by atoms with van der Waals surface area (Å²) >= 11 is 7.35. The molecular weight excluding hydrogens is 392 g/mol. The molecule has 8 heteroatoms. The maximum atomic E-state index is 12.8. The van der Waals surface area contributed by atoms with E-state index in [0.29, 0.717) is 35.1 Å². The van der Waals surface area contributed by atoms with E-state index in [2.05, 4.69) is 0 Å². The summed E-state index contributed by atoms with van der Waals surface area (Å²) in [6.07, 6.45) is 0. The van der Waals surface area contributed by atoms with Gasteiger partial charge >= 0.3 is 0 Å². The molecule has 0 saturated heterocycles. The minimum Gasteiger partial charge on any atom is -0.337 e. The van der Waals surface area contributed by atoms with E-state index in [1.54, 1.807) is 50.9 Å². The summed E-state index contributed by atoms with van der Waals surface area (Å²) in [4.78, 5) is 15.4. The number of halogens is 1. The molecule has 0 unspecified atom stereocenters. The lowest BCUT2D eigenvalue weighted by molar-refractivity contribution is 0.0786. The van der Waals surface area contributed by atoms with Gasteiger partial charge in [0.2, 0.25) is 10.0 Å². The van der Waals surface area contributed by atoms with E-state index in [-0.39, 0.29) is 10.8 Å². The lowest BCUT2D eigenvalue weighted by Gasteiger charge is -2.21. The lowest BCUT2D eigenvalue weighted by atomic mass is 10.1. The van der Waals surface area contributed by atoms with E-state index in [0.717, 1.165) is 4.88 Å². The van der Waals surface area contributed by atoms with Crippen LogP contribution < -0.4 is 0 Å². The van der Waals surface area contributed by atoms with Crippen molar-refractivity contribution in [2.24, 2.45) is 0 Å². The van der Waals surface area contributed by atoms with Crippen molar-refractivity contribution in [2.75, 3.05) is 20.1 Å². The van der Waals surface area contributed by atoms with Gasteiger partial charge in [0.25, 0.3) is 5.91 Å². The first kappa shape index (κ1) is 20.9. The van der Waals surface area contributed by atoms with Crippen LogP contribution in [0.25, 0.3) is 0 Å². The fourth-order valence-corrected chi connectivity index (χ4v) is 5.53. The smallest absolute Gasteiger partial charge is 0.253 e. The summed E-state index contributed by atoms with van der Waals surface area (Å²) in [6.45, 7) is 6.52. The maximum absolute atomic E-state index is 12.8. The van der Waals surface area contributed by atoms with Crippen LogP contribution in [0.15, 0.2) is 35.2 Å². The second-order valence-electron chi connectivity index (χ2n) is 5.94. The van der Waals surface area contributed by atoms with Gasteiger partial charge in [0.15, 0.2) is 0 Å². The maximum Gasteiger partial charge on any atom is 0.253 e. The van der Waals surface area contributed by atoms with Crippen LogP contribution in [-0.4, -0.2) is 43.7 Å². The Balaban J connectivity index is 2.32. The third-order valence-electron chi connectivity index (χ3n) is 4.13. The number of benzene rings is 1. The quantitative estimate of drug-likeness (QED) is 0.687. The third-order valence-corrected chi connectivity index (χ3v) is 7.53. The van der Waals surface area contributed by atoms with Gasteiger partial charge < -0.3 is 4.90 Å². The number of rotatable bonds is 7. The van der Waals surface area contributed by atoms with Gasteiger partial charge in [-0.25, -0.2) is 8.42 Å². The fourth-order valence-electron chi connectivity index (χ4n) is 2.68. The van der Waals surface area contributed by atoms with E-state index in [9.17, 15) is 13.2 Å². The standard InChI is InChI=1S/C18H23ClN2O3S2/c1-5-21(6-2)26(23,24)16-11-14(8-7-13(16)3)18(22)20(4)12-15-9-10-17(19)25-15/h7-11H,5-6,12H2,1-4H3. The molecule has 0 spiro atoms. The van der Waals surface area contributed by atoms with Gasteiger partial charge in [-0.05, 0) is 36.8 Å². The van der Waals surface area contributed by atoms with E-state index in [1.807, 2.05) is 6.07 Å². The van der Waals surface area contributed by atoms with E-state index >= 15 is 0 Å². The number of sulfonamides is 1. The molecule has 1 aromatic heterocycles. The van der Waals surface area contributed by atoms with E-state index in [4.69, 9.17) is 11.6 Å². The topological polar surface area (TPSA) is 57.7 Å². The molecule has 0 bridgehead atoms. The zero-order valence-electron chi connectivity index (χ0n) is 15.3. The van der Waals surface area contributed by atoms with Crippen LogP contribution in [0.4, 0.5) is 0 Å². The van der Waals surface area contributed by atoms with Crippen molar-refractivity contribution in [3.63, 3.8) is 0 Å². The van der Waals surface area contributed by atoms with Crippen LogP contribution in [0.1, 0.15) is 34.6 Å². The highest BCUT2D eigenvalue weighted by Gasteiger charge is 2.25. The molecule has 1 amide bonds. The molecule has 0 fully saturated rings. The third kappa shape index (κ3) is 4.46. The number of thiophene rings is 1. The van der Waals surface area contributed by atoms with Crippen LogP contribution in [0.3, 0.4) is 0 Å². The highest BCUT2D eigenvalue weighted by Crippen LogP contribution is 2.24. The van der Waals surface area contributed by atoms with Gasteiger partial charge in [-0.1, -0.05) is 31.5 Å². The van der Waals surface area contributed by atoms with Crippen molar-refractivity contribution in [3.05, 3.63) is 50.7 Å². The molecular formula is C18H23ClN2O3S2. The molecule has 0 N–H and O–H groups in total. The van der Waals surface area contributed by atoms with E-state index < -0.39 is 10.0 Å². The predicted molar refractivity (Wildman–Crippen MR) is 106 cm³/mol. The van der Waals surface area contributed by atoms with Crippen molar-refractivity contribution in [3.8, 4) is 0 Å². The number of carbonyl (C=O) groups excluding carboxylic acids is 1. The Bertz CT molecular complexity index is 890. The molecule has 0 aliphatic heterocycles. The Hall–Kier alpha value is -1.41. The largest absolute Gasteiger partial charge is 0.337 e. The number of hydrogen-bond donors (Lipinski definition) is 0. The van der Waals surface area contributed by atoms with Gasteiger partial charge in [-0.3, -0.25) is 4.79 Å². The normalized spacial score (nSPS) is 11.8. The van der Waals surface area contributed by atoms with Crippen molar-refractivity contribution in [2.45, 2.75) is 32.2 Å². The molecule has 1 heterocycles. The predicted octanol–water partition coefficient (Wildman–Crippen LogP) is 4.01. The van der Waals surface area contributed by atoms with Gasteiger partial charge in [0.05, 0.1) is 15.8 Å². The Morgan fingerprint density at radius 3 is 2.35 bits per heavy atom. The SMILES string of the molecule is CCN(CC)S(=O)(=O)c1cc(C(=O)N(C)Cc2ccc(Cl)s2)ccc1C. The molecule has 1 aromatic carbocycles. The van der Waals surface area contributed by atoms with Gasteiger partial charge in [-0.15, -0.1) is 11.3 Å². The molecule has 0 radical (unpaired) electrons. The van der Waals surface area contributed by atoms with Crippen LogP contribution >= 0.6 is 22.9 Å². The fraction of sp³-hybridized carbons (Fsp3) is 0.389. The summed E-state index contributed by atoms with van der Waals surface area (Å²) in [5.41, 5.74) is 0.979. The first-order valence-electron chi connectivity index (χ1n) is 8.31. The molecule has 0 atom stereocenters. The second kappa shape index (κ2) is 8.52. The number of amides is 1. The average Bonchev–Trinajstić information content (AvgIpc) is 3.00. The van der Waals surface area contributed by atoms with E-state index in [1.165, 1.54) is 21.7 Å².